The number of carbonyl (C=O) groups excluding carboxylic acids is 1. The summed E-state index contributed by atoms with van der Waals surface area (Å²) in [6.07, 6.45) is 1.74. The molecule has 2 rings (SSSR count). The summed E-state index contributed by atoms with van der Waals surface area (Å²) in [5.74, 6) is -0.317. The topological polar surface area (TPSA) is 115 Å². The van der Waals surface area contributed by atoms with E-state index >= 15 is 0 Å². The molecule has 1 aliphatic carbocycles. The molecule has 6 nitrogen and oxygen atoms in total. The number of primary sulfonamides is 1. The van der Waals surface area contributed by atoms with Crippen LogP contribution >= 0.6 is 0 Å². The van der Waals surface area contributed by atoms with Gasteiger partial charge < -0.3 is 11.1 Å². The lowest BCUT2D eigenvalue weighted by Crippen LogP contribution is -2.54. The molecule has 2 atom stereocenters. The predicted molar refractivity (Wildman–Crippen MR) is 71.0 cm³/mol. The van der Waals surface area contributed by atoms with Crippen LogP contribution in [0.3, 0.4) is 0 Å². The normalized spacial score (nSPS) is 22.7. The van der Waals surface area contributed by atoms with Crippen LogP contribution < -0.4 is 16.2 Å². The minimum atomic E-state index is -3.81. The highest BCUT2D eigenvalue weighted by molar-refractivity contribution is 7.89. The van der Waals surface area contributed by atoms with Crippen LogP contribution in [0.1, 0.15) is 28.8 Å². The molecule has 1 aromatic rings. The van der Waals surface area contributed by atoms with Crippen LogP contribution in [-0.2, 0) is 10.0 Å². The average Bonchev–Trinajstić information content (AvgIpc) is 2.33. The van der Waals surface area contributed by atoms with Crippen LogP contribution in [0.15, 0.2) is 23.1 Å². The van der Waals surface area contributed by atoms with Gasteiger partial charge in [0, 0.05) is 17.6 Å². The number of aryl methyl sites for hydroxylation is 1. The van der Waals surface area contributed by atoms with Gasteiger partial charge in [0.25, 0.3) is 5.91 Å². The molecular weight excluding hydrogens is 266 g/mol. The minimum Gasteiger partial charge on any atom is -0.348 e. The van der Waals surface area contributed by atoms with Gasteiger partial charge in [-0.15, -0.1) is 0 Å². The molecule has 1 aromatic carbocycles. The van der Waals surface area contributed by atoms with Gasteiger partial charge in [0.1, 0.15) is 0 Å². The first kappa shape index (κ1) is 14.0. The molecule has 0 radical (unpaired) electrons. The Morgan fingerprint density at radius 3 is 2.53 bits per heavy atom. The molecule has 5 N–H and O–H groups in total. The van der Waals surface area contributed by atoms with E-state index in [-0.39, 0.29) is 22.9 Å². The number of nitrogens with two attached hydrogens (primary N) is 2. The van der Waals surface area contributed by atoms with E-state index < -0.39 is 10.0 Å². The first-order chi connectivity index (χ1) is 8.79. The Hall–Kier alpha value is -1.44. The van der Waals surface area contributed by atoms with Crippen molar-refractivity contribution in [3.8, 4) is 0 Å². The third-order valence-electron chi connectivity index (χ3n) is 3.43. The number of rotatable bonds is 3. The molecule has 1 aliphatic rings. The van der Waals surface area contributed by atoms with Gasteiger partial charge in [-0.25, -0.2) is 13.6 Å². The maximum atomic E-state index is 12.1. The number of nitrogens with one attached hydrogen (secondary N) is 1. The lowest BCUT2D eigenvalue weighted by Gasteiger charge is -2.34. The van der Waals surface area contributed by atoms with Gasteiger partial charge in [-0.2, -0.15) is 0 Å². The number of hydrogen-bond acceptors (Lipinski definition) is 4. The Morgan fingerprint density at radius 1 is 1.37 bits per heavy atom. The highest BCUT2D eigenvalue weighted by Crippen LogP contribution is 2.19. The largest absolute Gasteiger partial charge is 0.348 e. The summed E-state index contributed by atoms with van der Waals surface area (Å²) in [6.45, 7) is 1.74. The van der Waals surface area contributed by atoms with Gasteiger partial charge in [-0.1, -0.05) is 6.07 Å². The Morgan fingerprint density at radius 2 is 2.05 bits per heavy atom. The second kappa shape index (κ2) is 4.92. The van der Waals surface area contributed by atoms with Crippen molar-refractivity contribution in [1.29, 1.82) is 0 Å². The third-order valence-corrected chi connectivity index (χ3v) is 4.34. The van der Waals surface area contributed by atoms with Crippen molar-refractivity contribution in [2.24, 2.45) is 10.9 Å². The van der Waals surface area contributed by atoms with Crippen molar-refractivity contribution in [3.05, 3.63) is 29.3 Å². The van der Waals surface area contributed by atoms with Crippen LogP contribution in [-0.4, -0.2) is 26.4 Å². The van der Waals surface area contributed by atoms with Gasteiger partial charge in [-0.3, -0.25) is 4.79 Å². The fraction of sp³-hybridized carbons (Fsp3) is 0.417. The molecule has 0 unspecified atom stereocenters. The molecule has 0 saturated heterocycles. The second-order valence-corrected chi connectivity index (χ2v) is 6.40. The van der Waals surface area contributed by atoms with E-state index in [2.05, 4.69) is 5.32 Å². The zero-order chi connectivity index (χ0) is 14.2. The quantitative estimate of drug-likeness (QED) is 0.716. The summed E-state index contributed by atoms with van der Waals surface area (Å²) in [5, 5.41) is 7.86. The zero-order valence-electron chi connectivity index (χ0n) is 10.6. The highest BCUT2D eigenvalue weighted by Gasteiger charge is 2.29. The molecule has 0 aliphatic heterocycles. The van der Waals surface area contributed by atoms with Gasteiger partial charge in [-0.05, 0) is 37.5 Å². The second-order valence-electron chi connectivity index (χ2n) is 4.84. The van der Waals surface area contributed by atoms with Crippen molar-refractivity contribution in [1.82, 2.24) is 5.32 Å². The Labute approximate surface area is 112 Å². The lowest BCUT2D eigenvalue weighted by molar-refractivity contribution is 0.0905. The maximum absolute atomic E-state index is 12.1. The van der Waals surface area contributed by atoms with Crippen LogP contribution in [0.4, 0.5) is 0 Å². The molecule has 0 aromatic heterocycles. The molecule has 1 amide bonds. The van der Waals surface area contributed by atoms with Crippen LogP contribution in [0.5, 0.6) is 0 Å². The Balaban J connectivity index is 2.25. The van der Waals surface area contributed by atoms with Crippen LogP contribution in [0.2, 0.25) is 0 Å². The first-order valence-corrected chi connectivity index (χ1v) is 7.53. The molecule has 0 heterocycles. The van der Waals surface area contributed by atoms with Gasteiger partial charge in [0.05, 0.1) is 4.90 Å². The Bertz CT molecular complexity index is 613. The van der Waals surface area contributed by atoms with E-state index in [1.54, 1.807) is 13.0 Å². The zero-order valence-corrected chi connectivity index (χ0v) is 11.4. The number of hydrogen-bond donors (Lipinski definition) is 3. The molecule has 1 fully saturated rings. The van der Waals surface area contributed by atoms with Crippen LogP contribution in [0.25, 0.3) is 0 Å². The molecule has 104 valence electrons. The first-order valence-electron chi connectivity index (χ1n) is 5.99. The van der Waals surface area contributed by atoms with E-state index in [1.165, 1.54) is 12.1 Å². The monoisotopic (exact) mass is 283 g/mol. The van der Waals surface area contributed by atoms with Gasteiger partial charge in [0.15, 0.2) is 0 Å². The van der Waals surface area contributed by atoms with Crippen molar-refractivity contribution in [2.75, 3.05) is 0 Å². The molecular formula is C12H17N3O3S. The predicted octanol–water partition coefficient (Wildman–Crippen LogP) is -0.138. The highest BCUT2D eigenvalue weighted by atomic mass is 32.2. The van der Waals surface area contributed by atoms with E-state index in [1.807, 2.05) is 0 Å². The van der Waals surface area contributed by atoms with E-state index in [0.717, 1.165) is 12.8 Å². The van der Waals surface area contributed by atoms with Crippen molar-refractivity contribution < 1.29 is 13.2 Å². The van der Waals surface area contributed by atoms with E-state index in [0.29, 0.717) is 11.1 Å². The summed E-state index contributed by atoms with van der Waals surface area (Å²) in [5.41, 5.74) is 6.76. The summed E-state index contributed by atoms with van der Waals surface area (Å²) in [6, 6.07) is 4.19. The molecule has 7 heteroatoms. The maximum Gasteiger partial charge on any atom is 0.251 e. The molecule has 0 spiro atoms. The Kier molecular flexibility index (Phi) is 3.62. The van der Waals surface area contributed by atoms with Crippen molar-refractivity contribution >= 4 is 15.9 Å². The number of sulfonamides is 1. The van der Waals surface area contributed by atoms with E-state index in [4.69, 9.17) is 10.9 Å². The fourth-order valence-corrected chi connectivity index (χ4v) is 2.51. The summed E-state index contributed by atoms with van der Waals surface area (Å²) in [4.78, 5) is 12.0. The van der Waals surface area contributed by atoms with Crippen LogP contribution in [0, 0.1) is 6.92 Å². The number of benzene rings is 1. The smallest absolute Gasteiger partial charge is 0.251 e. The summed E-state index contributed by atoms with van der Waals surface area (Å²) < 4.78 is 22.6. The number of carbonyl (C=O) groups is 1. The average molecular weight is 283 g/mol. The summed E-state index contributed by atoms with van der Waals surface area (Å²) in [7, 11) is -3.81. The molecule has 19 heavy (non-hydrogen) atoms. The minimum absolute atomic E-state index is 0.0225. The SMILES string of the molecule is Cc1ccc(S(N)(=O)=O)cc1C(=O)N[C@H]1CC[C@H]1N. The molecule has 1 saturated carbocycles. The standard InChI is InChI=1S/C12H17N3O3S/c1-7-2-3-8(19(14,17)18)6-9(7)12(16)15-11-5-4-10(11)13/h2-3,6,10-11H,4-5,13H2,1H3,(H,15,16)(H2,14,17,18)/t10-,11+/m1/s1. The van der Waals surface area contributed by atoms with Gasteiger partial charge >= 0.3 is 0 Å². The van der Waals surface area contributed by atoms with Gasteiger partial charge in [0.2, 0.25) is 10.0 Å². The summed E-state index contributed by atoms with van der Waals surface area (Å²) >= 11 is 0. The lowest BCUT2D eigenvalue weighted by atomic mass is 9.87. The van der Waals surface area contributed by atoms with Crippen molar-refractivity contribution in [2.45, 2.75) is 36.7 Å². The fourth-order valence-electron chi connectivity index (χ4n) is 1.97. The number of amides is 1. The molecule has 0 bridgehead atoms. The van der Waals surface area contributed by atoms with Crippen molar-refractivity contribution in [3.63, 3.8) is 0 Å². The van der Waals surface area contributed by atoms with E-state index in [9.17, 15) is 13.2 Å². The third kappa shape index (κ3) is 2.94.